The van der Waals surface area contributed by atoms with Crippen LogP contribution in [0.3, 0.4) is 0 Å². The molecule has 0 aromatic heterocycles. The maximum Gasteiger partial charge on any atom is 0.309 e. The lowest BCUT2D eigenvalue weighted by molar-refractivity contribution is -0.159. The fourth-order valence-corrected chi connectivity index (χ4v) is 9.95. The van der Waals surface area contributed by atoms with Gasteiger partial charge in [0.1, 0.15) is 11.2 Å². The second-order valence-electron chi connectivity index (χ2n) is 13.6. The predicted octanol–water partition coefficient (Wildman–Crippen LogP) is 7.17. The maximum absolute atomic E-state index is 16.1. The Labute approximate surface area is 254 Å². The molecule has 5 fully saturated rings. The predicted molar refractivity (Wildman–Crippen MR) is 158 cm³/mol. The third-order valence-corrected chi connectivity index (χ3v) is 12.3. The molecule has 3 atom stereocenters. The van der Waals surface area contributed by atoms with E-state index >= 15 is 4.39 Å². The largest absolute Gasteiger partial charge is 0.481 e. The average molecular weight is 614 g/mol. The van der Waals surface area contributed by atoms with E-state index in [4.69, 9.17) is 23.2 Å². The zero-order valence-electron chi connectivity index (χ0n) is 23.4. The van der Waals surface area contributed by atoms with Crippen molar-refractivity contribution in [3.05, 3.63) is 63.4 Å². The average Bonchev–Trinajstić information content (AvgIpc) is 3.43. The van der Waals surface area contributed by atoms with Crippen LogP contribution in [0.5, 0.6) is 0 Å². The summed E-state index contributed by atoms with van der Waals surface area (Å²) in [5.74, 6) is -2.45. The van der Waals surface area contributed by atoms with Gasteiger partial charge in [-0.3, -0.25) is 19.7 Å². The van der Waals surface area contributed by atoms with E-state index in [0.717, 1.165) is 24.8 Å². The fraction of sp³-hybridized carbons (Fsp3) is 0.545. The van der Waals surface area contributed by atoms with Gasteiger partial charge in [-0.2, -0.15) is 0 Å². The van der Waals surface area contributed by atoms with Crippen LogP contribution < -0.4 is 10.6 Å². The molecule has 1 amide bonds. The van der Waals surface area contributed by atoms with Crippen LogP contribution in [-0.2, 0) is 19.8 Å². The lowest BCUT2D eigenvalue weighted by atomic mass is 9.52. The molecule has 8 rings (SSSR count). The minimum absolute atomic E-state index is 0.0406. The number of Topliss-reactive ketones (excluding diaryl/α,β-unsaturated/α-hetero) is 1. The van der Waals surface area contributed by atoms with Gasteiger partial charge in [-0.1, -0.05) is 60.7 Å². The Kier molecular flexibility index (Phi) is 6.58. The minimum Gasteiger partial charge on any atom is -0.481 e. The zero-order chi connectivity index (χ0) is 29.5. The molecule has 9 heteroatoms. The lowest BCUT2D eigenvalue weighted by Gasteiger charge is -2.51. The number of carbonyl (C=O) groups is 3. The van der Waals surface area contributed by atoms with E-state index in [1.165, 1.54) is 6.07 Å². The Bertz CT molecular complexity index is 1480. The summed E-state index contributed by atoms with van der Waals surface area (Å²) < 4.78 is 16.1. The Balaban J connectivity index is 1.37. The number of ketones is 1. The number of amides is 1. The summed E-state index contributed by atoms with van der Waals surface area (Å²) >= 11 is 12.7. The second kappa shape index (κ2) is 9.76. The van der Waals surface area contributed by atoms with Gasteiger partial charge in [0.2, 0.25) is 5.91 Å². The van der Waals surface area contributed by atoms with Crippen molar-refractivity contribution < 1.29 is 23.9 Å². The Morgan fingerprint density at radius 2 is 1.64 bits per heavy atom. The molecule has 2 aromatic carbocycles. The van der Waals surface area contributed by atoms with Crippen LogP contribution in [0.25, 0.3) is 0 Å². The molecule has 42 heavy (non-hydrogen) atoms. The van der Waals surface area contributed by atoms with E-state index < -0.39 is 40.1 Å². The van der Waals surface area contributed by atoms with Gasteiger partial charge >= 0.3 is 5.97 Å². The van der Waals surface area contributed by atoms with Crippen LogP contribution >= 0.6 is 23.2 Å². The summed E-state index contributed by atoms with van der Waals surface area (Å²) in [6, 6.07) is 9.38. The van der Waals surface area contributed by atoms with Crippen LogP contribution in [0.2, 0.25) is 10.0 Å². The molecule has 222 valence electrons. The van der Waals surface area contributed by atoms with Gasteiger partial charge in [0.25, 0.3) is 0 Å². The summed E-state index contributed by atoms with van der Waals surface area (Å²) in [5, 5.41) is 17.1. The standard InChI is InChI=1S/C33H35Cl2FN2O4/c34-19-7-8-21-23(17-19)37-28(40)33(21)25(20-5-4-6-22(35)26(20)36)27(38-32(33)9-2-1-3-10-32)24(39)18-30-11-14-31(15-12-30,16-13-30)29(41)42/h4-8,17,25,27,38H,1-3,9-16,18H2,(H,37,40)(H,41,42)/t25-,27-,30?,31?,33+/m0/s1. The highest BCUT2D eigenvalue weighted by atomic mass is 35.5. The molecule has 6 aliphatic rings. The molecule has 2 heterocycles. The van der Waals surface area contributed by atoms with Crippen molar-refractivity contribution in [1.82, 2.24) is 5.32 Å². The molecule has 2 bridgehead atoms. The molecule has 1 saturated heterocycles. The van der Waals surface area contributed by atoms with Gasteiger partial charge in [0.05, 0.1) is 16.5 Å². The molecule has 3 N–H and O–H groups in total. The quantitative estimate of drug-likeness (QED) is 0.333. The monoisotopic (exact) mass is 612 g/mol. The molecule has 2 aliphatic heterocycles. The molecule has 2 aromatic rings. The summed E-state index contributed by atoms with van der Waals surface area (Å²) in [4.78, 5) is 41.2. The molecular weight excluding hydrogens is 578 g/mol. The van der Waals surface area contributed by atoms with Crippen molar-refractivity contribution in [2.24, 2.45) is 10.8 Å². The van der Waals surface area contributed by atoms with Gasteiger partial charge in [-0.05, 0) is 86.1 Å². The van der Waals surface area contributed by atoms with E-state index in [1.807, 2.05) is 6.07 Å². The number of fused-ring (bicyclic) bond motifs is 6. The van der Waals surface area contributed by atoms with Crippen molar-refractivity contribution in [3.8, 4) is 0 Å². The second-order valence-corrected chi connectivity index (χ2v) is 14.4. The SMILES string of the molecule is O=C(CC12CCC(C(=O)O)(CC1)CC2)[C@@H]1NC2(CCCCC2)[C@@]2(C(=O)Nc3cc(Cl)ccc32)[C@H]1c1cccc(Cl)c1F. The van der Waals surface area contributed by atoms with Crippen molar-refractivity contribution in [1.29, 1.82) is 0 Å². The normalized spacial score (nSPS) is 34.5. The number of rotatable bonds is 5. The van der Waals surface area contributed by atoms with Crippen LogP contribution in [0.15, 0.2) is 36.4 Å². The first-order valence-electron chi connectivity index (χ1n) is 15.2. The van der Waals surface area contributed by atoms with Gasteiger partial charge in [-0.25, -0.2) is 4.39 Å². The number of hydrogen-bond donors (Lipinski definition) is 3. The molecule has 0 radical (unpaired) electrons. The topological polar surface area (TPSA) is 95.5 Å². The van der Waals surface area contributed by atoms with Crippen molar-refractivity contribution in [3.63, 3.8) is 0 Å². The summed E-state index contributed by atoms with van der Waals surface area (Å²) in [6.45, 7) is 0. The summed E-state index contributed by atoms with van der Waals surface area (Å²) in [6.07, 6.45) is 8.21. The highest BCUT2D eigenvalue weighted by molar-refractivity contribution is 6.31. The van der Waals surface area contributed by atoms with Crippen LogP contribution in [0, 0.1) is 16.6 Å². The minimum atomic E-state index is -1.24. The van der Waals surface area contributed by atoms with Crippen molar-refractivity contribution in [2.45, 2.75) is 100.0 Å². The number of carbonyl (C=O) groups excluding carboxylic acids is 2. The van der Waals surface area contributed by atoms with Crippen LogP contribution in [0.4, 0.5) is 10.1 Å². The van der Waals surface area contributed by atoms with Crippen molar-refractivity contribution >= 4 is 46.5 Å². The van der Waals surface area contributed by atoms with Gasteiger partial charge in [0, 0.05) is 28.6 Å². The highest BCUT2D eigenvalue weighted by Crippen LogP contribution is 2.64. The number of anilines is 1. The first kappa shape index (κ1) is 28.3. The Morgan fingerprint density at radius 3 is 2.31 bits per heavy atom. The Hall–Kier alpha value is -2.48. The zero-order valence-corrected chi connectivity index (χ0v) is 24.9. The van der Waals surface area contributed by atoms with E-state index in [9.17, 15) is 19.5 Å². The van der Waals surface area contributed by atoms with E-state index in [-0.39, 0.29) is 34.1 Å². The van der Waals surface area contributed by atoms with Crippen molar-refractivity contribution in [2.75, 3.05) is 5.32 Å². The maximum atomic E-state index is 16.1. The van der Waals surface area contributed by atoms with E-state index in [1.54, 1.807) is 24.3 Å². The number of benzene rings is 2. The highest BCUT2D eigenvalue weighted by Gasteiger charge is 2.72. The molecule has 6 nitrogen and oxygen atoms in total. The third kappa shape index (κ3) is 3.82. The van der Waals surface area contributed by atoms with E-state index in [2.05, 4.69) is 10.6 Å². The van der Waals surface area contributed by atoms with Gasteiger partial charge < -0.3 is 10.4 Å². The first-order valence-corrected chi connectivity index (χ1v) is 15.9. The number of carboxylic acids is 1. The third-order valence-electron chi connectivity index (χ3n) is 11.8. The molecule has 4 aliphatic carbocycles. The van der Waals surface area contributed by atoms with Gasteiger partial charge in [0.15, 0.2) is 5.78 Å². The van der Waals surface area contributed by atoms with Crippen LogP contribution in [0.1, 0.15) is 94.1 Å². The first-order chi connectivity index (χ1) is 20.1. The number of hydrogen-bond acceptors (Lipinski definition) is 4. The fourth-order valence-electron chi connectivity index (χ4n) is 9.60. The Morgan fingerprint density at radius 1 is 0.952 bits per heavy atom. The molecular formula is C33H35Cl2FN2O4. The smallest absolute Gasteiger partial charge is 0.309 e. The number of carboxylic acid groups (broad SMARTS) is 1. The number of aliphatic carboxylic acids is 1. The molecule has 4 saturated carbocycles. The van der Waals surface area contributed by atoms with Crippen LogP contribution in [-0.4, -0.2) is 34.3 Å². The lowest BCUT2D eigenvalue weighted by Crippen LogP contribution is -2.60. The summed E-state index contributed by atoms with van der Waals surface area (Å²) in [7, 11) is 0. The van der Waals surface area contributed by atoms with Gasteiger partial charge in [-0.15, -0.1) is 0 Å². The molecule has 2 spiro atoms. The number of nitrogens with one attached hydrogen (secondary N) is 2. The van der Waals surface area contributed by atoms with E-state index in [0.29, 0.717) is 62.1 Å². The number of halogens is 3. The summed E-state index contributed by atoms with van der Waals surface area (Å²) in [5.41, 5.74) is -1.34. The molecule has 0 unspecified atom stereocenters.